The molecule has 1 fully saturated rings. The minimum absolute atomic E-state index is 0.143. The molecular formula is C36H51N7O2. The molecular weight excluding hydrogens is 562 g/mol. The van der Waals surface area contributed by atoms with Crippen molar-refractivity contribution in [3.05, 3.63) is 66.3 Å². The van der Waals surface area contributed by atoms with E-state index in [0.717, 1.165) is 74.0 Å². The molecule has 5 rings (SSSR count). The van der Waals surface area contributed by atoms with Gasteiger partial charge in [0.25, 0.3) is 0 Å². The number of unbranched alkanes of at least 4 members (excludes halogenated alkanes) is 3. The Balaban J connectivity index is 1.49. The number of amides is 1. The van der Waals surface area contributed by atoms with Crippen molar-refractivity contribution in [2.75, 3.05) is 0 Å². The van der Waals surface area contributed by atoms with Gasteiger partial charge in [-0.3, -0.25) is 9.20 Å². The summed E-state index contributed by atoms with van der Waals surface area (Å²) >= 11 is 0. The lowest BCUT2D eigenvalue weighted by Crippen LogP contribution is -2.47. The Labute approximate surface area is 267 Å². The van der Waals surface area contributed by atoms with E-state index in [0.29, 0.717) is 36.1 Å². The molecule has 3 N–H and O–H groups in total. The van der Waals surface area contributed by atoms with Crippen LogP contribution in [0.25, 0.3) is 16.9 Å². The smallest absolute Gasteiger partial charge is 0.231 e. The SMILES string of the molecule is CCCCCC[C@H](O)[C@H](CC1CCCCC1)NC(=O)C(Cc1cnc[nH]1)c1nnc2c(CC(C)C)nc(-c3ccccc3)cn12. The molecule has 0 spiro atoms. The summed E-state index contributed by atoms with van der Waals surface area (Å²) in [5, 5.41) is 24.0. The zero-order valence-corrected chi connectivity index (χ0v) is 27.3. The molecule has 1 saturated carbocycles. The van der Waals surface area contributed by atoms with Crippen LogP contribution in [0.3, 0.4) is 0 Å². The minimum Gasteiger partial charge on any atom is -0.391 e. The molecule has 4 aromatic rings. The van der Waals surface area contributed by atoms with Gasteiger partial charge in [0.1, 0.15) is 11.7 Å². The van der Waals surface area contributed by atoms with Gasteiger partial charge in [0.05, 0.1) is 29.9 Å². The largest absolute Gasteiger partial charge is 0.391 e. The highest BCUT2D eigenvalue weighted by molar-refractivity contribution is 5.83. The Kier molecular flexibility index (Phi) is 11.7. The molecule has 3 atom stereocenters. The quantitative estimate of drug-likeness (QED) is 0.119. The normalized spacial score (nSPS) is 16.2. The Morgan fingerprint density at radius 3 is 2.58 bits per heavy atom. The van der Waals surface area contributed by atoms with Gasteiger partial charge in [0.2, 0.25) is 5.91 Å². The predicted molar refractivity (Wildman–Crippen MR) is 178 cm³/mol. The Hall–Kier alpha value is -3.59. The number of H-pyrrole nitrogens is 1. The average molecular weight is 614 g/mol. The third-order valence-electron chi connectivity index (χ3n) is 9.22. The summed E-state index contributed by atoms with van der Waals surface area (Å²) in [6.07, 6.45) is 17.8. The molecule has 3 aromatic heterocycles. The Morgan fingerprint density at radius 1 is 1.07 bits per heavy atom. The second kappa shape index (κ2) is 16.1. The van der Waals surface area contributed by atoms with Crippen molar-refractivity contribution in [3.63, 3.8) is 0 Å². The molecule has 9 nitrogen and oxygen atoms in total. The first-order valence-corrected chi connectivity index (χ1v) is 17.2. The molecule has 0 aliphatic heterocycles. The lowest BCUT2D eigenvalue weighted by Gasteiger charge is -2.31. The average Bonchev–Trinajstić information content (AvgIpc) is 3.72. The van der Waals surface area contributed by atoms with Crippen LogP contribution < -0.4 is 5.32 Å². The predicted octanol–water partition coefficient (Wildman–Crippen LogP) is 6.83. The first kappa shape index (κ1) is 32.8. The minimum atomic E-state index is -0.639. The van der Waals surface area contributed by atoms with Crippen LogP contribution in [-0.2, 0) is 17.6 Å². The van der Waals surface area contributed by atoms with Crippen LogP contribution in [0, 0.1) is 11.8 Å². The molecule has 1 aromatic carbocycles. The summed E-state index contributed by atoms with van der Waals surface area (Å²) in [4.78, 5) is 26.8. The molecule has 0 bridgehead atoms. The molecule has 3 heterocycles. The van der Waals surface area contributed by atoms with Crippen LogP contribution in [0.1, 0.15) is 115 Å². The van der Waals surface area contributed by atoms with Crippen molar-refractivity contribution in [2.45, 2.75) is 122 Å². The van der Waals surface area contributed by atoms with Gasteiger partial charge in [-0.1, -0.05) is 109 Å². The summed E-state index contributed by atoms with van der Waals surface area (Å²) in [7, 11) is 0. The molecule has 0 radical (unpaired) electrons. The van der Waals surface area contributed by atoms with E-state index < -0.39 is 12.0 Å². The van der Waals surface area contributed by atoms with Crippen LogP contribution in [0.15, 0.2) is 49.1 Å². The van der Waals surface area contributed by atoms with Crippen LogP contribution >= 0.6 is 0 Å². The molecule has 1 aliphatic carbocycles. The maximum Gasteiger partial charge on any atom is 0.231 e. The number of rotatable bonds is 16. The lowest BCUT2D eigenvalue weighted by atomic mass is 9.83. The highest BCUT2D eigenvalue weighted by Gasteiger charge is 2.32. The number of carbonyl (C=O) groups is 1. The molecule has 0 saturated heterocycles. The van der Waals surface area contributed by atoms with Gasteiger partial charge in [-0.15, -0.1) is 10.2 Å². The van der Waals surface area contributed by atoms with Crippen molar-refractivity contribution >= 4 is 11.6 Å². The number of fused-ring (bicyclic) bond motifs is 1. The highest BCUT2D eigenvalue weighted by atomic mass is 16.3. The number of hydrogen-bond acceptors (Lipinski definition) is 6. The van der Waals surface area contributed by atoms with E-state index >= 15 is 0 Å². The van der Waals surface area contributed by atoms with Gasteiger partial charge in [0.15, 0.2) is 5.65 Å². The molecule has 9 heteroatoms. The number of aromatic nitrogens is 6. The van der Waals surface area contributed by atoms with Crippen molar-refractivity contribution in [2.24, 2.45) is 11.8 Å². The van der Waals surface area contributed by atoms with Crippen molar-refractivity contribution in [1.29, 1.82) is 0 Å². The van der Waals surface area contributed by atoms with Gasteiger partial charge in [-0.2, -0.15) is 0 Å². The van der Waals surface area contributed by atoms with Crippen LogP contribution in [0.4, 0.5) is 0 Å². The second-order valence-electron chi connectivity index (χ2n) is 13.4. The first-order chi connectivity index (χ1) is 21.9. The number of aromatic amines is 1. The molecule has 45 heavy (non-hydrogen) atoms. The molecule has 242 valence electrons. The molecule has 1 amide bonds. The first-order valence-electron chi connectivity index (χ1n) is 17.2. The fraction of sp³-hybridized carbons (Fsp3) is 0.583. The van der Waals surface area contributed by atoms with Gasteiger partial charge in [0, 0.05) is 30.1 Å². The number of nitrogens with zero attached hydrogens (tertiary/aromatic N) is 5. The molecule has 1 aliphatic rings. The number of benzene rings is 1. The maximum atomic E-state index is 14.4. The van der Waals surface area contributed by atoms with Crippen LogP contribution in [0.5, 0.6) is 0 Å². The van der Waals surface area contributed by atoms with Crippen molar-refractivity contribution in [1.82, 2.24) is 34.9 Å². The standard InChI is InChI=1S/C36H51N7O2/c1-4-5-6-13-18-33(44)30(20-26-14-9-7-10-15-26)40-36(45)29(21-28-22-37-24-38-28)34-41-42-35-31(19-25(2)3)39-32(23-43(34)35)27-16-11-8-12-17-27/h8,11-12,16-17,22-26,29-30,33,44H,4-7,9-10,13-15,18-21H2,1-3H3,(H,37,38)(H,40,45)/t29?,30-,33-/m0/s1. The number of aliphatic hydroxyl groups is 1. The monoisotopic (exact) mass is 613 g/mol. The van der Waals surface area contributed by atoms with E-state index in [-0.39, 0.29) is 11.9 Å². The summed E-state index contributed by atoms with van der Waals surface area (Å²) in [5.74, 6) is 0.675. The number of aliphatic hydroxyl groups excluding tert-OH is 1. The van der Waals surface area contributed by atoms with E-state index in [1.54, 1.807) is 12.5 Å². The van der Waals surface area contributed by atoms with E-state index in [4.69, 9.17) is 4.98 Å². The Bertz CT molecular complexity index is 1460. The summed E-state index contributed by atoms with van der Waals surface area (Å²) in [6, 6.07) is 9.79. The number of hydrogen-bond donors (Lipinski definition) is 3. The number of imidazole rings is 1. The van der Waals surface area contributed by atoms with Crippen LogP contribution in [-0.4, -0.2) is 52.7 Å². The number of nitrogens with one attached hydrogen (secondary N) is 2. The van der Waals surface area contributed by atoms with Gasteiger partial charge in [-0.25, -0.2) is 9.97 Å². The van der Waals surface area contributed by atoms with Crippen molar-refractivity contribution < 1.29 is 9.90 Å². The maximum absolute atomic E-state index is 14.4. The van der Waals surface area contributed by atoms with Gasteiger partial charge in [-0.05, 0) is 31.1 Å². The zero-order valence-electron chi connectivity index (χ0n) is 27.3. The van der Waals surface area contributed by atoms with Gasteiger partial charge < -0.3 is 15.4 Å². The fourth-order valence-electron chi connectivity index (χ4n) is 6.76. The topological polar surface area (TPSA) is 121 Å². The van der Waals surface area contributed by atoms with Crippen LogP contribution in [0.2, 0.25) is 0 Å². The second-order valence-corrected chi connectivity index (χ2v) is 13.4. The Morgan fingerprint density at radius 2 is 1.87 bits per heavy atom. The zero-order chi connectivity index (χ0) is 31.6. The third kappa shape index (κ3) is 8.78. The van der Waals surface area contributed by atoms with E-state index in [9.17, 15) is 9.90 Å². The summed E-state index contributed by atoms with van der Waals surface area (Å²) in [5.41, 5.74) is 4.20. The summed E-state index contributed by atoms with van der Waals surface area (Å²) < 4.78 is 1.96. The lowest BCUT2D eigenvalue weighted by molar-refractivity contribution is -0.124. The molecule has 1 unspecified atom stereocenters. The number of carbonyl (C=O) groups excluding carboxylic acids is 1. The fourth-order valence-corrected chi connectivity index (χ4v) is 6.76. The third-order valence-corrected chi connectivity index (χ3v) is 9.22. The summed E-state index contributed by atoms with van der Waals surface area (Å²) in [6.45, 7) is 6.53. The van der Waals surface area contributed by atoms with Gasteiger partial charge >= 0.3 is 0 Å². The van der Waals surface area contributed by atoms with Crippen molar-refractivity contribution in [3.8, 4) is 11.3 Å². The highest BCUT2D eigenvalue weighted by Crippen LogP contribution is 2.30. The van der Waals surface area contributed by atoms with E-state index in [1.165, 1.54) is 19.3 Å². The van der Waals surface area contributed by atoms with E-state index in [2.05, 4.69) is 46.3 Å². The van der Waals surface area contributed by atoms with E-state index in [1.807, 2.05) is 40.9 Å².